The number of pyridine rings is 2. The predicted octanol–water partition coefficient (Wildman–Crippen LogP) is 16.4. The number of carbonyl (C=O) groups is 1. The summed E-state index contributed by atoms with van der Waals surface area (Å²) in [6, 6.07) is 67.1. The number of Topliss-reactive ketones (excluding diaryl/α,β-unsaturated/α-hetero) is 1. The molecule has 0 fully saturated rings. The second kappa shape index (κ2) is 38.7. The number of alkyl halides is 2. The topological polar surface area (TPSA) is 207 Å². The van der Waals surface area contributed by atoms with Crippen LogP contribution < -0.4 is 10.5 Å². The molecule has 2 aromatic heterocycles. The maximum absolute atomic E-state index is 12.9. The van der Waals surface area contributed by atoms with E-state index in [1.165, 1.54) is 11.1 Å². The molecule has 0 radical (unpaired) electrons. The van der Waals surface area contributed by atoms with Crippen LogP contribution in [0.15, 0.2) is 253 Å². The number of nitrogens with two attached hydrogens (primary N) is 1. The van der Waals surface area contributed by atoms with Crippen LogP contribution in [-0.2, 0) is 37.4 Å². The van der Waals surface area contributed by atoms with Gasteiger partial charge in [-0.2, -0.15) is 0 Å². The summed E-state index contributed by atoms with van der Waals surface area (Å²) in [5.74, 6) is 0.705. The number of rotatable bonds is 17. The van der Waals surface area contributed by atoms with Crippen LogP contribution in [0.3, 0.4) is 0 Å². The number of ketones is 1. The Bertz CT molecular complexity index is 3320. The van der Waals surface area contributed by atoms with Crippen molar-refractivity contribution in [1.82, 2.24) is 14.7 Å². The van der Waals surface area contributed by atoms with E-state index in [0.29, 0.717) is 22.9 Å². The van der Waals surface area contributed by atoms with Gasteiger partial charge in [-0.1, -0.05) is 224 Å². The molecular weight excluding hydrogens is 1260 g/mol. The van der Waals surface area contributed by atoms with Crippen LogP contribution in [0.25, 0.3) is 10.5 Å². The van der Waals surface area contributed by atoms with Gasteiger partial charge in [0.15, 0.2) is 5.78 Å². The van der Waals surface area contributed by atoms with Crippen molar-refractivity contribution in [3.05, 3.63) is 317 Å². The predicted molar refractivity (Wildman–Crippen MR) is 345 cm³/mol. The molecule has 0 spiro atoms. The maximum atomic E-state index is 12.9. The second-order valence-corrected chi connectivity index (χ2v) is 23.1. The van der Waals surface area contributed by atoms with Crippen molar-refractivity contribution in [2.24, 2.45) is 5.73 Å². The van der Waals surface area contributed by atoms with E-state index < -0.39 is 50.3 Å². The first-order valence-electron chi connectivity index (χ1n) is 26.5. The van der Waals surface area contributed by atoms with Crippen LogP contribution in [0, 0.1) is 28.2 Å². The number of aromatic nitrogens is 2. The molecule has 448 valence electrons. The molecule has 12 nitrogen and oxygen atoms in total. The van der Waals surface area contributed by atoms with Gasteiger partial charge in [0.25, 0.3) is 0 Å². The summed E-state index contributed by atoms with van der Waals surface area (Å²) in [6.07, 6.45) is 2.56. The molecule has 85 heavy (non-hydrogen) atoms. The van der Waals surface area contributed by atoms with E-state index in [9.17, 15) is 21.6 Å². The Morgan fingerprint density at radius 3 is 1.40 bits per heavy atom. The number of aliphatic hydroxyl groups is 1. The van der Waals surface area contributed by atoms with Gasteiger partial charge in [0.05, 0.1) is 34.4 Å². The van der Waals surface area contributed by atoms with Crippen LogP contribution in [0.1, 0.15) is 111 Å². The van der Waals surface area contributed by atoms with Crippen LogP contribution in [0.5, 0.6) is 0 Å². The van der Waals surface area contributed by atoms with E-state index in [2.05, 4.69) is 74.1 Å². The summed E-state index contributed by atoms with van der Waals surface area (Å²) < 4.78 is 58.3. The Morgan fingerprint density at radius 2 is 0.976 bits per heavy atom. The third-order valence-corrected chi connectivity index (χ3v) is 15.9. The minimum absolute atomic E-state index is 0. The van der Waals surface area contributed by atoms with Gasteiger partial charge in [-0.15, -0.1) is 35.3 Å². The van der Waals surface area contributed by atoms with Gasteiger partial charge in [0.1, 0.15) is 21.8 Å². The Hall–Kier alpha value is -6.30. The zero-order valence-electron chi connectivity index (χ0n) is 48.2. The number of carbonyl (C=O) groups excluding carboxylic acids is 1. The Labute approximate surface area is 528 Å². The van der Waals surface area contributed by atoms with Crippen molar-refractivity contribution < 1.29 is 44.0 Å². The van der Waals surface area contributed by atoms with Crippen LogP contribution >= 0.6 is 32.9 Å². The summed E-state index contributed by atoms with van der Waals surface area (Å²) in [4.78, 5) is 18.9. The zero-order chi connectivity index (χ0) is 61.5. The average Bonchev–Trinajstić information content (AvgIpc) is 3.35. The van der Waals surface area contributed by atoms with Crippen LogP contribution in [0.4, 0.5) is 0 Å². The molecular formula is C67H73Cl3N6O6RuS2. The fourth-order valence-corrected chi connectivity index (χ4v) is 10.4. The van der Waals surface area contributed by atoms with E-state index in [1.54, 1.807) is 91.3 Å². The van der Waals surface area contributed by atoms with E-state index in [-0.39, 0.29) is 34.8 Å². The van der Waals surface area contributed by atoms with Gasteiger partial charge in [0.2, 0.25) is 10.0 Å². The fourth-order valence-electron chi connectivity index (χ4n) is 7.76. The molecule has 5 atom stereocenters. The molecule has 0 aliphatic heterocycles. The molecule has 0 aliphatic carbocycles. The monoisotopic (exact) mass is 1330 g/mol. The Morgan fingerprint density at radius 1 is 0.565 bits per heavy atom. The van der Waals surface area contributed by atoms with Crippen molar-refractivity contribution in [2.75, 3.05) is 11.8 Å². The van der Waals surface area contributed by atoms with Gasteiger partial charge < -0.3 is 28.7 Å². The molecule has 7 aromatic carbocycles. The first-order chi connectivity index (χ1) is 40.3. The summed E-state index contributed by atoms with van der Waals surface area (Å²) in [5.41, 5.74) is 24.0. The molecule has 5 N–H and O–H groups in total. The number of nitrogens with one attached hydrogen (secondary N) is 2. The van der Waals surface area contributed by atoms with Gasteiger partial charge in [-0.25, -0.2) is 21.6 Å². The molecule has 0 aliphatic rings. The van der Waals surface area contributed by atoms with Crippen molar-refractivity contribution in [3.63, 3.8) is 0 Å². The molecule has 0 amide bonds. The van der Waals surface area contributed by atoms with Crippen molar-refractivity contribution in [2.45, 2.75) is 80.6 Å². The number of benzene rings is 7. The number of nitrogens with zero attached hydrogens (tertiary/aromatic N) is 3. The van der Waals surface area contributed by atoms with Gasteiger partial charge in [0, 0.05) is 17.3 Å². The van der Waals surface area contributed by atoms with E-state index >= 15 is 0 Å². The van der Waals surface area contributed by atoms with Crippen LogP contribution in [-0.4, -0.2) is 49.5 Å². The number of sulfonamides is 2. The normalized spacial score (nSPS) is 12.4. The van der Waals surface area contributed by atoms with E-state index in [0.717, 1.165) is 27.8 Å². The number of hydrogen-bond donors (Lipinski definition) is 3. The summed E-state index contributed by atoms with van der Waals surface area (Å²) in [6.45, 7) is 10.4. The second-order valence-electron chi connectivity index (χ2n) is 19.2. The zero-order valence-corrected chi connectivity index (χ0v) is 53.8. The quantitative estimate of drug-likeness (QED) is 0.0342. The molecule has 9 aromatic rings. The van der Waals surface area contributed by atoms with E-state index in [4.69, 9.17) is 39.8 Å². The standard InChI is InChI=1S/C21H22N2O2S.C21H20N2O2S.C10H14.C7H8ClNO.C7H6ClNO.CH3.ClH.Ru/c2*1-16-12-14-19(15-13-16)26(24,25)23-21(18-10-6-3-7-11-18)20(22)17-8-4-2-5-9-17;1-8(2)10-6-4-9(3)5-7-10;2*8-5-7(10)6-3-1-2-4-9-6;;;/h2-15,20-21,23H,22H2,1H3;2-15,20-22H,1H3;4-8H,1-3H3;1-4,7,10H,5H2;1-4H,5H2;1H3;1H;/q;-2;;;;-1;;+4/p-1/t2*20-,21-;;7-;;;;/m00.0..../s1. The molecule has 0 unspecified atom stereocenters. The molecule has 9 rings (SSSR count). The Balaban J connectivity index is 0.000000296. The van der Waals surface area contributed by atoms with Crippen LogP contribution in [0.2, 0.25) is 0 Å². The van der Waals surface area contributed by atoms with Gasteiger partial charge >= 0.3 is 27.0 Å². The number of aliphatic hydroxyl groups excluding tert-OH is 1. The van der Waals surface area contributed by atoms with Gasteiger partial charge in [-0.05, 0) is 91.9 Å². The number of aryl methyl sites for hydroxylation is 3. The third kappa shape index (κ3) is 24.9. The Kier molecular flexibility index (Phi) is 33.2. The first-order valence-corrected chi connectivity index (χ1v) is 32.7. The molecule has 18 heteroatoms. The summed E-state index contributed by atoms with van der Waals surface area (Å²) in [5, 5.41) is 9.13. The minimum atomic E-state index is -3.87. The van der Waals surface area contributed by atoms with E-state index in [1.807, 2.05) is 159 Å². The average molecular weight is 1330 g/mol. The molecule has 0 saturated heterocycles. The van der Waals surface area contributed by atoms with Crippen molar-refractivity contribution in [3.8, 4) is 0 Å². The molecule has 0 bridgehead atoms. The summed E-state index contributed by atoms with van der Waals surface area (Å²) in [7, 11) is -3.01. The summed E-state index contributed by atoms with van der Waals surface area (Å²) >= 11 is 12.5. The van der Waals surface area contributed by atoms with Gasteiger partial charge in [-0.3, -0.25) is 14.8 Å². The molecule has 2 heterocycles. The van der Waals surface area contributed by atoms with Crippen molar-refractivity contribution >= 4 is 58.7 Å². The number of hydrogen-bond acceptors (Lipinski definition) is 9. The fraction of sp³-hybridized carbons (Fsp3) is 0.194. The molecule has 0 saturated carbocycles. The number of halogens is 3. The van der Waals surface area contributed by atoms with Crippen molar-refractivity contribution in [1.29, 1.82) is 0 Å². The third-order valence-electron chi connectivity index (χ3n) is 12.5. The SMILES string of the molecule is Cc1ccc(C(C)C)cc1.Cc1ccc(S(=O)(=O)N[C@@H](c2ccccc2)[C@@H](N)c2ccccc2)cc1.Cc1ccc(S(=O)(=O)[N-][C@@H](c2ccccc2)[C@@H]([NH-])c2ccccc2)cc1.O=C(CCl)c1ccccn1.O[C@@H](CCl)c1ccccn1.[CH3-].[Cl][Ru+3]. The first kappa shape index (κ1) is 73.0.